The normalized spacial score (nSPS) is 10.6. The number of nitrogens with zero attached hydrogens (tertiary/aromatic N) is 2. The summed E-state index contributed by atoms with van der Waals surface area (Å²) < 4.78 is 0. The van der Waals surface area contributed by atoms with Crippen LogP contribution in [0.4, 0.5) is 11.4 Å². The summed E-state index contributed by atoms with van der Waals surface area (Å²) in [5.41, 5.74) is 2.15. The minimum absolute atomic E-state index is 0.0439. The maximum atomic E-state index is 12.5. The second kappa shape index (κ2) is 10.0. The van der Waals surface area contributed by atoms with Gasteiger partial charge in [-0.1, -0.05) is 37.3 Å². The first kappa shape index (κ1) is 20.8. The summed E-state index contributed by atoms with van der Waals surface area (Å²) >= 11 is 0. The van der Waals surface area contributed by atoms with Crippen molar-refractivity contribution in [2.75, 3.05) is 18.4 Å². The number of rotatable bonds is 8. The third-order valence-corrected chi connectivity index (χ3v) is 4.06. The Morgan fingerprint density at radius 3 is 2.61 bits per heavy atom. The molecular formula is C21H23N3O4. The van der Waals surface area contributed by atoms with E-state index in [1.165, 1.54) is 29.2 Å². The zero-order valence-corrected chi connectivity index (χ0v) is 15.9. The first-order valence-corrected chi connectivity index (χ1v) is 8.97. The molecule has 0 atom stereocenters. The highest BCUT2D eigenvalue weighted by Gasteiger charge is 2.15. The summed E-state index contributed by atoms with van der Waals surface area (Å²) in [5.74, 6) is -0.604. The number of anilines is 1. The molecule has 1 N–H and O–H groups in total. The predicted molar refractivity (Wildman–Crippen MR) is 109 cm³/mol. The van der Waals surface area contributed by atoms with E-state index in [0.29, 0.717) is 24.2 Å². The summed E-state index contributed by atoms with van der Waals surface area (Å²) in [7, 11) is 0. The van der Waals surface area contributed by atoms with E-state index in [4.69, 9.17) is 0 Å². The van der Waals surface area contributed by atoms with Gasteiger partial charge in [-0.15, -0.1) is 0 Å². The molecule has 0 radical (unpaired) electrons. The Morgan fingerprint density at radius 1 is 1.18 bits per heavy atom. The van der Waals surface area contributed by atoms with Gasteiger partial charge in [-0.25, -0.2) is 0 Å². The van der Waals surface area contributed by atoms with Gasteiger partial charge in [-0.2, -0.15) is 0 Å². The third-order valence-electron chi connectivity index (χ3n) is 4.06. The van der Waals surface area contributed by atoms with Crippen LogP contribution in [0.25, 0.3) is 6.08 Å². The molecule has 0 saturated carbocycles. The van der Waals surface area contributed by atoms with E-state index in [1.54, 1.807) is 18.2 Å². The van der Waals surface area contributed by atoms with Gasteiger partial charge in [0.15, 0.2) is 0 Å². The lowest BCUT2D eigenvalue weighted by Crippen LogP contribution is -2.37. The average Bonchev–Trinajstić information content (AvgIpc) is 2.67. The van der Waals surface area contributed by atoms with Gasteiger partial charge in [-0.3, -0.25) is 19.7 Å². The third kappa shape index (κ3) is 6.05. The summed E-state index contributed by atoms with van der Waals surface area (Å²) in [6.07, 6.45) is 3.54. The highest BCUT2D eigenvalue weighted by atomic mass is 16.6. The molecule has 0 aliphatic heterocycles. The Kier molecular flexibility index (Phi) is 7.45. The maximum absolute atomic E-state index is 12.5. The van der Waals surface area contributed by atoms with Gasteiger partial charge in [0, 0.05) is 30.4 Å². The van der Waals surface area contributed by atoms with Crippen LogP contribution >= 0.6 is 0 Å². The van der Waals surface area contributed by atoms with E-state index in [1.807, 2.05) is 32.0 Å². The molecular weight excluding hydrogens is 358 g/mol. The molecule has 0 fully saturated rings. The summed E-state index contributed by atoms with van der Waals surface area (Å²) in [4.78, 5) is 36.6. The van der Waals surface area contributed by atoms with Crippen molar-refractivity contribution in [3.8, 4) is 0 Å². The number of carbonyl (C=O) groups excluding carboxylic acids is 2. The molecule has 146 valence electrons. The molecule has 2 aromatic rings. The second-order valence-corrected chi connectivity index (χ2v) is 6.31. The Labute approximate surface area is 163 Å². The highest BCUT2D eigenvalue weighted by molar-refractivity contribution is 5.98. The molecule has 28 heavy (non-hydrogen) atoms. The van der Waals surface area contributed by atoms with E-state index in [2.05, 4.69) is 5.32 Å². The van der Waals surface area contributed by atoms with Gasteiger partial charge < -0.3 is 10.2 Å². The fraction of sp³-hybridized carbons (Fsp3) is 0.238. The number of nitrogens with one attached hydrogen (secondary N) is 1. The van der Waals surface area contributed by atoms with Gasteiger partial charge in [0.1, 0.15) is 6.54 Å². The summed E-state index contributed by atoms with van der Waals surface area (Å²) in [6, 6.07) is 13.4. The fourth-order valence-corrected chi connectivity index (χ4v) is 2.63. The van der Waals surface area contributed by atoms with E-state index >= 15 is 0 Å². The number of nitro benzene ring substituents is 1. The molecule has 2 aromatic carbocycles. The number of amides is 2. The van der Waals surface area contributed by atoms with Crippen LogP contribution in [0.3, 0.4) is 0 Å². The largest absolute Gasteiger partial charge is 0.330 e. The van der Waals surface area contributed by atoms with Gasteiger partial charge in [0.05, 0.1) is 4.92 Å². The summed E-state index contributed by atoms with van der Waals surface area (Å²) in [5, 5.41) is 13.7. The van der Waals surface area contributed by atoms with E-state index < -0.39 is 4.92 Å². The van der Waals surface area contributed by atoms with Gasteiger partial charge in [0.2, 0.25) is 11.8 Å². The summed E-state index contributed by atoms with van der Waals surface area (Å²) in [6.45, 7) is 4.18. The number of hydrogen-bond acceptors (Lipinski definition) is 4. The Hall–Kier alpha value is -3.48. The maximum Gasteiger partial charge on any atom is 0.270 e. The number of nitro groups is 1. The first-order chi connectivity index (χ1) is 13.4. The van der Waals surface area contributed by atoms with Crippen LogP contribution in [-0.4, -0.2) is 34.7 Å². The lowest BCUT2D eigenvalue weighted by atomic mass is 10.2. The van der Waals surface area contributed by atoms with Crippen molar-refractivity contribution in [2.45, 2.75) is 20.3 Å². The van der Waals surface area contributed by atoms with Crippen LogP contribution in [0.2, 0.25) is 0 Å². The van der Waals surface area contributed by atoms with Crippen LogP contribution in [0.5, 0.6) is 0 Å². The highest BCUT2D eigenvalue weighted by Crippen LogP contribution is 2.15. The zero-order valence-electron chi connectivity index (χ0n) is 15.9. The first-order valence-electron chi connectivity index (χ1n) is 8.97. The zero-order chi connectivity index (χ0) is 20.5. The van der Waals surface area contributed by atoms with Gasteiger partial charge >= 0.3 is 0 Å². The predicted octanol–water partition coefficient (Wildman–Crippen LogP) is 3.79. The topological polar surface area (TPSA) is 92.6 Å². The lowest BCUT2D eigenvalue weighted by Gasteiger charge is -2.20. The standard InChI is InChI=1S/C21H23N3O4/c1-3-13-23(15-20(25)22-19-10-5-4-7-16(19)2)21(26)12-11-17-8-6-9-18(14-17)24(27)28/h4-12,14H,3,13,15H2,1-2H3,(H,22,25). The smallest absolute Gasteiger partial charge is 0.270 e. The Balaban J connectivity index is 2.04. The number of aryl methyl sites for hydroxylation is 1. The van der Waals surface area contributed by atoms with Crippen molar-refractivity contribution >= 4 is 29.3 Å². The number of benzene rings is 2. The molecule has 2 rings (SSSR count). The van der Waals surface area contributed by atoms with Crippen molar-refractivity contribution in [1.82, 2.24) is 4.90 Å². The molecule has 2 amide bonds. The molecule has 0 aliphatic carbocycles. The molecule has 0 saturated heterocycles. The van der Waals surface area contributed by atoms with Crippen molar-refractivity contribution in [2.24, 2.45) is 0 Å². The van der Waals surface area contributed by atoms with E-state index in [9.17, 15) is 19.7 Å². The number of para-hydroxylation sites is 1. The number of hydrogen-bond donors (Lipinski definition) is 1. The monoisotopic (exact) mass is 381 g/mol. The van der Waals surface area contributed by atoms with Crippen LogP contribution in [0.1, 0.15) is 24.5 Å². The minimum atomic E-state index is -0.488. The molecule has 0 bridgehead atoms. The van der Waals surface area contributed by atoms with Crippen LogP contribution < -0.4 is 5.32 Å². The van der Waals surface area contributed by atoms with Crippen molar-refractivity contribution in [3.05, 3.63) is 75.8 Å². The molecule has 0 aromatic heterocycles. The van der Waals surface area contributed by atoms with Crippen LogP contribution in [-0.2, 0) is 9.59 Å². The molecule has 7 nitrogen and oxygen atoms in total. The minimum Gasteiger partial charge on any atom is -0.330 e. The average molecular weight is 381 g/mol. The van der Waals surface area contributed by atoms with Crippen molar-refractivity contribution in [1.29, 1.82) is 0 Å². The van der Waals surface area contributed by atoms with Crippen molar-refractivity contribution in [3.63, 3.8) is 0 Å². The molecule has 7 heteroatoms. The lowest BCUT2D eigenvalue weighted by molar-refractivity contribution is -0.384. The van der Waals surface area contributed by atoms with Crippen LogP contribution in [0.15, 0.2) is 54.6 Å². The van der Waals surface area contributed by atoms with Crippen LogP contribution in [0, 0.1) is 17.0 Å². The van der Waals surface area contributed by atoms with Gasteiger partial charge in [0.25, 0.3) is 5.69 Å². The molecule has 0 aliphatic rings. The molecule has 0 heterocycles. The molecule has 0 spiro atoms. The Bertz CT molecular complexity index is 893. The fourth-order valence-electron chi connectivity index (χ4n) is 2.63. The number of non-ortho nitro benzene ring substituents is 1. The van der Waals surface area contributed by atoms with E-state index in [0.717, 1.165) is 5.56 Å². The van der Waals surface area contributed by atoms with Crippen molar-refractivity contribution < 1.29 is 14.5 Å². The van der Waals surface area contributed by atoms with Gasteiger partial charge in [-0.05, 0) is 36.6 Å². The quantitative estimate of drug-likeness (QED) is 0.428. The Morgan fingerprint density at radius 2 is 1.93 bits per heavy atom. The SMILES string of the molecule is CCCN(CC(=O)Nc1ccccc1C)C(=O)C=Cc1cccc([N+](=O)[O-])c1. The molecule has 0 unspecified atom stereocenters. The van der Waals surface area contributed by atoms with E-state index in [-0.39, 0.29) is 24.0 Å². The number of carbonyl (C=O) groups is 2. The second-order valence-electron chi connectivity index (χ2n) is 6.31.